The molecule has 3 N–H and O–H groups in total. The summed E-state index contributed by atoms with van der Waals surface area (Å²) in [5.41, 5.74) is 3.14. The summed E-state index contributed by atoms with van der Waals surface area (Å²) >= 11 is 0. The second-order valence-electron chi connectivity index (χ2n) is 6.74. The molecule has 0 unspecified atom stereocenters. The Kier molecular flexibility index (Phi) is 7.52. The van der Waals surface area contributed by atoms with Crippen LogP contribution in [0.5, 0.6) is 11.5 Å². The van der Waals surface area contributed by atoms with Crippen LogP contribution >= 0.6 is 0 Å². The van der Waals surface area contributed by atoms with Crippen LogP contribution in [-0.4, -0.2) is 21.3 Å². The van der Waals surface area contributed by atoms with Crippen LogP contribution < -0.4 is 0 Å². The maximum absolute atomic E-state index is 11.3. The second-order valence-corrected chi connectivity index (χ2v) is 6.74. The third-order valence-corrected chi connectivity index (χ3v) is 4.74. The lowest BCUT2D eigenvalue weighted by atomic mass is 9.98. The molecule has 2 aromatic carbocycles. The van der Waals surface area contributed by atoms with E-state index < -0.39 is 5.97 Å². The average Bonchev–Trinajstić information content (AvgIpc) is 2.60. The Morgan fingerprint density at radius 1 is 0.846 bits per heavy atom. The number of carboxylic acid groups (broad SMARTS) is 1. The minimum absolute atomic E-state index is 0.0988. The molecule has 0 radical (unpaired) electrons. The first-order valence-electron chi connectivity index (χ1n) is 9.37. The van der Waals surface area contributed by atoms with Gasteiger partial charge < -0.3 is 15.3 Å². The predicted molar refractivity (Wildman–Crippen MR) is 103 cm³/mol. The van der Waals surface area contributed by atoms with Crippen LogP contribution in [0.4, 0.5) is 0 Å². The van der Waals surface area contributed by atoms with Gasteiger partial charge in [0.2, 0.25) is 0 Å². The molecule has 4 nitrogen and oxygen atoms in total. The lowest BCUT2D eigenvalue weighted by Gasteiger charge is -2.09. The highest BCUT2D eigenvalue weighted by Crippen LogP contribution is 2.28. The zero-order valence-corrected chi connectivity index (χ0v) is 15.4. The number of phenolic OH excluding ortho intramolecular Hbond substituents is 1. The van der Waals surface area contributed by atoms with Gasteiger partial charge in [0.25, 0.3) is 0 Å². The number of unbranched alkanes of at least 4 members (excludes halogenated alkanes) is 4. The van der Waals surface area contributed by atoms with Crippen molar-refractivity contribution in [1.82, 2.24) is 0 Å². The summed E-state index contributed by atoms with van der Waals surface area (Å²) in [5.74, 6) is -1.63. The van der Waals surface area contributed by atoms with E-state index in [4.69, 9.17) is 0 Å². The van der Waals surface area contributed by atoms with Crippen LogP contribution in [0.15, 0.2) is 36.4 Å². The van der Waals surface area contributed by atoms with Crippen molar-refractivity contribution < 1.29 is 20.1 Å². The van der Waals surface area contributed by atoms with E-state index in [0.29, 0.717) is 12.0 Å². The first-order chi connectivity index (χ1) is 12.5. The minimum atomic E-state index is -1.16. The lowest BCUT2D eigenvalue weighted by molar-refractivity contribution is 0.0692. The maximum atomic E-state index is 11.3. The summed E-state index contributed by atoms with van der Waals surface area (Å²) in [6.45, 7) is 2.16. The highest BCUT2D eigenvalue weighted by atomic mass is 16.4. The molecule has 0 aliphatic heterocycles. The Morgan fingerprint density at radius 2 is 1.42 bits per heavy atom. The van der Waals surface area contributed by atoms with Gasteiger partial charge in [-0.25, -0.2) is 4.79 Å². The van der Waals surface area contributed by atoms with Crippen LogP contribution in [0.25, 0.3) is 0 Å². The molecule has 2 rings (SSSR count). The number of aromatic carboxylic acids is 1. The average molecular weight is 356 g/mol. The van der Waals surface area contributed by atoms with Crippen molar-refractivity contribution >= 4 is 5.97 Å². The van der Waals surface area contributed by atoms with E-state index in [0.717, 1.165) is 51.0 Å². The molecule has 0 spiro atoms. The molecule has 0 aliphatic rings. The molecule has 2 aromatic rings. The fourth-order valence-corrected chi connectivity index (χ4v) is 3.23. The fourth-order valence-electron chi connectivity index (χ4n) is 3.23. The number of phenols is 2. The molecule has 0 aromatic heterocycles. The molecule has 4 heteroatoms. The van der Waals surface area contributed by atoms with Gasteiger partial charge >= 0.3 is 5.97 Å². The first-order valence-corrected chi connectivity index (χ1v) is 9.37. The first kappa shape index (κ1) is 19.8. The third-order valence-electron chi connectivity index (χ3n) is 4.74. The molecule has 26 heavy (non-hydrogen) atoms. The van der Waals surface area contributed by atoms with Crippen LogP contribution in [0.3, 0.4) is 0 Å². The summed E-state index contributed by atoms with van der Waals surface area (Å²) in [4.78, 5) is 11.3. The summed E-state index contributed by atoms with van der Waals surface area (Å²) in [7, 11) is 0. The largest absolute Gasteiger partial charge is 0.508 e. The molecular weight excluding hydrogens is 328 g/mol. The molecule has 0 amide bonds. The van der Waals surface area contributed by atoms with E-state index in [1.807, 2.05) is 0 Å². The Balaban J connectivity index is 1.70. The van der Waals surface area contributed by atoms with Crippen molar-refractivity contribution in [3.8, 4) is 11.5 Å². The Morgan fingerprint density at radius 3 is 2.04 bits per heavy atom. The van der Waals surface area contributed by atoms with Crippen molar-refractivity contribution in [3.63, 3.8) is 0 Å². The van der Waals surface area contributed by atoms with E-state index in [9.17, 15) is 20.1 Å². The van der Waals surface area contributed by atoms with Gasteiger partial charge in [-0.3, -0.25) is 0 Å². The zero-order valence-electron chi connectivity index (χ0n) is 15.4. The summed E-state index contributed by atoms with van der Waals surface area (Å²) in [6.07, 6.45) is 7.95. The van der Waals surface area contributed by atoms with Crippen LogP contribution in [0.1, 0.15) is 66.1 Å². The number of carbonyl (C=O) groups is 1. The van der Waals surface area contributed by atoms with Crippen molar-refractivity contribution in [2.75, 3.05) is 0 Å². The normalized spacial score (nSPS) is 10.8. The van der Waals surface area contributed by atoms with E-state index in [1.165, 1.54) is 17.2 Å². The Labute approximate surface area is 155 Å². The summed E-state index contributed by atoms with van der Waals surface area (Å²) in [5, 5.41) is 28.5. The van der Waals surface area contributed by atoms with Gasteiger partial charge in [-0.2, -0.15) is 0 Å². The SMILES string of the molecule is CCc1ccc(CCCCCCCc2cc(O)cc(O)c2C(=O)O)cc1. The van der Waals surface area contributed by atoms with Gasteiger partial charge in [-0.15, -0.1) is 0 Å². The van der Waals surface area contributed by atoms with Crippen molar-refractivity contribution in [2.45, 2.75) is 58.3 Å². The number of aryl methyl sites for hydroxylation is 3. The molecule has 0 heterocycles. The summed E-state index contributed by atoms with van der Waals surface area (Å²) in [6, 6.07) is 11.3. The van der Waals surface area contributed by atoms with Crippen molar-refractivity contribution in [3.05, 3.63) is 58.7 Å². The predicted octanol–water partition coefficient (Wildman–Crippen LogP) is 5.09. The quantitative estimate of drug-likeness (QED) is 0.518. The molecule has 0 saturated carbocycles. The van der Waals surface area contributed by atoms with Gasteiger partial charge in [0.05, 0.1) is 0 Å². The van der Waals surface area contributed by atoms with Crippen molar-refractivity contribution in [2.24, 2.45) is 0 Å². The highest BCUT2D eigenvalue weighted by molar-refractivity contribution is 5.92. The monoisotopic (exact) mass is 356 g/mol. The number of aromatic hydroxyl groups is 2. The molecule has 140 valence electrons. The van der Waals surface area contributed by atoms with Gasteiger partial charge in [-0.05, 0) is 54.9 Å². The number of carboxylic acids is 1. The number of hydrogen-bond acceptors (Lipinski definition) is 3. The lowest BCUT2D eigenvalue weighted by Crippen LogP contribution is -2.03. The van der Waals surface area contributed by atoms with Crippen LogP contribution in [0, 0.1) is 0 Å². The minimum Gasteiger partial charge on any atom is -0.508 e. The van der Waals surface area contributed by atoms with E-state index in [-0.39, 0.29) is 17.1 Å². The molecule has 0 saturated heterocycles. The van der Waals surface area contributed by atoms with Gasteiger partial charge in [0, 0.05) is 6.07 Å². The molecule has 0 bridgehead atoms. The second kappa shape index (κ2) is 9.85. The molecule has 0 aliphatic carbocycles. The zero-order chi connectivity index (χ0) is 18.9. The Hall–Kier alpha value is -2.49. The van der Waals surface area contributed by atoms with Gasteiger partial charge in [0.15, 0.2) is 0 Å². The molecule has 0 fully saturated rings. The Bertz CT molecular complexity index is 720. The van der Waals surface area contributed by atoms with Gasteiger partial charge in [0.1, 0.15) is 17.1 Å². The van der Waals surface area contributed by atoms with E-state index in [2.05, 4.69) is 31.2 Å². The maximum Gasteiger partial charge on any atom is 0.339 e. The van der Waals surface area contributed by atoms with Crippen LogP contribution in [0.2, 0.25) is 0 Å². The topological polar surface area (TPSA) is 77.8 Å². The number of rotatable bonds is 10. The fraction of sp³-hybridized carbons (Fsp3) is 0.409. The number of benzene rings is 2. The van der Waals surface area contributed by atoms with E-state index in [1.54, 1.807) is 0 Å². The number of hydrogen-bond donors (Lipinski definition) is 3. The third kappa shape index (κ3) is 5.80. The van der Waals surface area contributed by atoms with E-state index >= 15 is 0 Å². The van der Waals surface area contributed by atoms with Crippen LogP contribution in [-0.2, 0) is 19.3 Å². The standard InChI is InChI=1S/C22H28O4/c1-2-16-10-12-17(13-11-16)8-6-4-3-5-7-9-18-14-19(23)15-20(24)21(18)22(25)26/h10-15,23-24H,2-9H2,1H3,(H,25,26). The summed E-state index contributed by atoms with van der Waals surface area (Å²) < 4.78 is 0. The highest BCUT2D eigenvalue weighted by Gasteiger charge is 2.16. The molecular formula is C22H28O4. The smallest absolute Gasteiger partial charge is 0.339 e. The van der Waals surface area contributed by atoms with Gasteiger partial charge in [-0.1, -0.05) is 50.5 Å². The molecule has 0 atom stereocenters. The van der Waals surface area contributed by atoms with Crippen molar-refractivity contribution in [1.29, 1.82) is 0 Å².